The molecule has 2 heterocycles. The van der Waals surface area contributed by atoms with E-state index in [2.05, 4.69) is 38.5 Å². The number of hydrogen-bond donors (Lipinski definition) is 1. The van der Waals surface area contributed by atoms with Crippen molar-refractivity contribution in [2.75, 3.05) is 27.2 Å². The van der Waals surface area contributed by atoms with Crippen LogP contribution in [0.2, 0.25) is 0 Å². The van der Waals surface area contributed by atoms with Crippen LogP contribution in [0.5, 0.6) is 5.75 Å². The van der Waals surface area contributed by atoms with Crippen molar-refractivity contribution in [1.29, 1.82) is 0 Å². The number of benzene rings is 1. The Balaban J connectivity index is 2.08. The van der Waals surface area contributed by atoms with Crippen LogP contribution in [0.4, 0.5) is 5.69 Å². The molecule has 0 bridgehead atoms. The Kier molecular flexibility index (Phi) is 3.11. The summed E-state index contributed by atoms with van der Waals surface area (Å²) >= 11 is 0. The van der Waals surface area contributed by atoms with Crippen molar-refractivity contribution in [3.05, 3.63) is 35.5 Å². The van der Waals surface area contributed by atoms with Crippen LogP contribution >= 0.6 is 0 Å². The quantitative estimate of drug-likeness (QED) is 0.828. The molecule has 1 aromatic rings. The van der Waals surface area contributed by atoms with E-state index in [0.29, 0.717) is 5.92 Å². The van der Waals surface area contributed by atoms with Crippen LogP contribution in [0.3, 0.4) is 0 Å². The molecule has 0 saturated carbocycles. The molecule has 0 radical (unpaired) electrons. The zero-order valence-corrected chi connectivity index (χ0v) is 11.9. The Labute approximate surface area is 115 Å². The van der Waals surface area contributed by atoms with Crippen LogP contribution in [0.15, 0.2) is 24.4 Å². The molecule has 0 spiro atoms. The van der Waals surface area contributed by atoms with E-state index in [1.807, 2.05) is 0 Å². The van der Waals surface area contributed by atoms with Crippen molar-refractivity contribution in [3.63, 3.8) is 0 Å². The largest absolute Gasteiger partial charge is 0.493 e. The molecule has 0 aromatic heterocycles. The van der Waals surface area contributed by atoms with E-state index in [9.17, 15) is 0 Å². The summed E-state index contributed by atoms with van der Waals surface area (Å²) in [5.74, 6) is 1.64. The van der Waals surface area contributed by atoms with Crippen LogP contribution in [-0.4, -0.2) is 27.2 Å². The van der Waals surface area contributed by atoms with Gasteiger partial charge in [-0.1, -0.05) is 0 Å². The number of nitrogens with two attached hydrogens (primary N) is 1. The maximum atomic E-state index is 5.86. The normalized spacial score (nSPS) is 23.4. The molecule has 3 rings (SSSR count). The Morgan fingerprint density at radius 3 is 3.00 bits per heavy atom. The predicted octanol–water partition coefficient (Wildman–Crippen LogP) is 2.54. The van der Waals surface area contributed by atoms with Crippen LogP contribution in [0.25, 0.3) is 0 Å². The van der Waals surface area contributed by atoms with Crippen molar-refractivity contribution in [1.82, 2.24) is 4.48 Å². The van der Waals surface area contributed by atoms with Gasteiger partial charge in [-0.25, -0.2) is 0 Å². The molecule has 3 nitrogen and oxygen atoms in total. The number of hydrogen-bond acceptors (Lipinski definition) is 2. The SMILES string of the molecule is C[N+]1(C)C=CCc2cc3c(cc21)C(CCN)CCO3. The summed E-state index contributed by atoms with van der Waals surface area (Å²) < 4.78 is 6.68. The van der Waals surface area contributed by atoms with Gasteiger partial charge in [0.1, 0.15) is 11.4 Å². The Hall–Kier alpha value is -1.32. The molecule has 0 aliphatic carbocycles. The zero-order chi connectivity index (χ0) is 13.5. The van der Waals surface area contributed by atoms with Crippen molar-refractivity contribution >= 4 is 5.69 Å². The summed E-state index contributed by atoms with van der Waals surface area (Å²) in [6.07, 6.45) is 7.66. The first-order valence-electron chi connectivity index (χ1n) is 7.13. The van der Waals surface area contributed by atoms with E-state index in [0.717, 1.165) is 42.6 Å². The molecule has 0 fully saturated rings. The minimum absolute atomic E-state index is 0.560. The maximum absolute atomic E-state index is 5.86. The highest BCUT2D eigenvalue weighted by Crippen LogP contribution is 2.42. The topological polar surface area (TPSA) is 35.2 Å². The minimum Gasteiger partial charge on any atom is -0.493 e. The molecule has 2 aliphatic heterocycles. The fraction of sp³-hybridized carbons (Fsp3) is 0.500. The van der Waals surface area contributed by atoms with Crippen molar-refractivity contribution < 1.29 is 4.74 Å². The van der Waals surface area contributed by atoms with Gasteiger partial charge < -0.3 is 10.5 Å². The van der Waals surface area contributed by atoms with E-state index in [1.54, 1.807) is 0 Å². The Bertz CT molecular complexity index is 520. The first-order chi connectivity index (χ1) is 9.12. The minimum atomic E-state index is 0.560. The van der Waals surface area contributed by atoms with Crippen LogP contribution < -0.4 is 15.0 Å². The average molecular weight is 259 g/mol. The van der Waals surface area contributed by atoms with Crippen LogP contribution in [-0.2, 0) is 6.42 Å². The summed E-state index contributed by atoms with van der Waals surface area (Å²) in [4.78, 5) is 0. The lowest BCUT2D eigenvalue weighted by Crippen LogP contribution is -2.36. The lowest BCUT2D eigenvalue weighted by Gasteiger charge is -2.33. The van der Waals surface area contributed by atoms with E-state index >= 15 is 0 Å². The van der Waals surface area contributed by atoms with Gasteiger partial charge in [0.25, 0.3) is 0 Å². The van der Waals surface area contributed by atoms with Gasteiger partial charge in [0, 0.05) is 23.6 Å². The van der Waals surface area contributed by atoms with Gasteiger partial charge in [-0.3, -0.25) is 4.48 Å². The van der Waals surface area contributed by atoms with Crippen LogP contribution in [0, 0.1) is 0 Å². The number of rotatable bonds is 2. The molecule has 1 aromatic carbocycles. The van der Waals surface area contributed by atoms with Gasteiger partial charge in [0.05, 0.1) is 26.9 Å². The first kappa shape index (κ1) is 12.7. The number of allylic oxidation sites excluding steroid dienone is 1. The Morgan fingerprint density at radius 2 is 2.21 bits per heavy atom. The van der Waals surface area contributed by atoms with Gasteiger partial charge >= 0.3 is 0 Å². The third-order valence-corrected chi connectivity index (χ3v) is 4.33. The first-order valence-corrected chi connectivity index (χ1v) is 7.13. The van der Waals surface area contributed by atoms with E-state index in [1.165, 1.54) is 16.8 Å². The highest BCUT2D eigenvalue weighted by molar-refractivity contribution is 5.61. The standard InChI is InChI=1S/C16H23N2O/c1-18(2)8-3-4-13-10-16-14(11-15(13)18)12(5-7-17)6-9-19-16/h3,8,10-12H,4-7,9,17H2,1-2H3/q+1. The Morgan fingerprint density at radius 1 is 1.37 bits per heavy atom. The summed E-state index contributed by atoms with van der Waals surface area (Å²) in [6, 6.07) is 4.60. The van der Waals surface area contributed by atoms with Crippen molar-refractivity contribution in [3.8, 4) is 5.75 Å². The van der Waals surface area contributed by atoms with Gasteiger partial charge in [-0.2, -0.15) is 0 Å². The molecular formula is C16H23N2O+. The third-order valence-electron chi connectivity index (χ3n) is 4.33. The van der Waals surface area contributed by atoms with Crippen molar-refractivity contribution in [2.45, 2.75) is 25.2 Å². The number of ether oxygens (including phenoxy) is 1. The summed E-state index contributed by atoms with van der Waals surface area (Å²) in [5.41, 5.74) is 9.90. The van der Waals surface area contributed by atoms with Gasteiger partial charge in [-0.15, -0.1) is 0 Å². The summed E-state index contributed by atoms with van der Waals surface area (Å²) in [5, 5.41) is 0. The summed E-state index contributed by atoms with van der Waals surface area (Å²) in [7, 11) is 4.45. The smallest absolute Gasteiger partial charge is 0.141 e. The molecule has 2 aliphatic rings. The van der Waals surface area contributed by atoms with E-state index < -0.39 is 0 Å². The lowest BCUT2D eigenvalue weighted by atomic mass is 9.87. The van der Waals surface area contributed by atoms with Crippen molar-refractivity contribution in [2.24, 2.45) is 5.73 Å². The molecule has 102 valence electrons. The second kappa shape index (κ2) is 4.66. The molecule has 3 heteroatoms. The van der Waals surface area contributed by atoms with E-state index in [4.69, 9.17) is 10.5 Å². The highest BCUT2D eigenvalue weighted by Gasteiger charge is 2.29. The fourth-order valence-corrected chi connectivity index (χ4v) is 3.26. The molecule has 1 unspecified atom stereocenters. The molecule has 1 atom stereocenters. The summed E-state index contributed by atoms with van der Waals surface area (Å²) in [6.45, 7) is 1.57. The number of quaternary nitrogens is 1. The molecule has 0 amide bonds. The van der Waals surface area contributed by atoms with E-state index in [-0.39, 0.29) is 0 Å². The zero-order valence-electron chi connectivity index (χ0n) is 11.9. The second-order valence-electron chi connectivity index (χ2n) is 6.06. The lowest BCUT2D eigenvalue weighted by molar-refractivity contribution is 0.263. The molecule has 19 heavy (non-hydrogen) atoms. The molecular weight excluding hydrogens is 236 g/mol. The monoisotopic (exact) mass is 259 g/mol. The molecule has 0 saturated heterocycles. The van der Waals surface area contributed by atoms with Gasteiger partial charge in [0.2, 0.25) is 0 Å². The highest BCUT2D eigenvalue weighted by atomic mass is 16.5. The van der Waals surface area contributed by atoms with Gasteiger partial charge in [0.15, 0.2) is 0 Å². The number of nitrogens with zero attached hydrogens (tertiary/aromatic N) is 1. The van der Waals surface area contributed by atoms with Gasteiger partial charge in [-0.05, 0) is 37.4 Å². The third kappa shape index (κ3) is 2.17. The average Bonchev–Trinajstić information content (AvgIpc) is 2.37. The fourth-order valence-electron chi connectivity index (χ4n) is 3.26. The number of fused-ring (bicyclic) bond motifs is 2. The maximum Gasteiger partial charge on any atom is 0.141 e. The molecule has 2 N–H and O–H groups in total. The van der Waals surface area contributed by atoms with Crippen LogP contribution in [0.1, 0.15) is 29.9 Å². The predicted molar refractivity (Wildman–Crippen MR) is 79.5 cm³/mol. The second-order valence-corrected chi connectivity index (χ2v) is 6.06.